The molecule has 0 unspecified atom stereocenters. The standard InChI is InChI=1S/C29H54N6O6/c1-24(36)6-15-33(16-7-25(2)37)22-13-31-28(40)10-19-35(21-12-30-5)20-11-29(41)32-14-23-34(17-8-26(3)38)18-9-27(4)39/h30H,6-23H2,1-5H3,(H,31,40)(H,32,41). The molecule has 0 aromatic carbocycles. The third kappa shape index (κ3) is 24.9. The highest BCUT2D eigenvalue weighted by Crippen LogP contribution is 1.99. The van der Waals surface area contributed by atoms with Crippen molar-refractivity contribution in [3.63, 3.8) is 0 Å². The summed E-state index contributed by atoms with van der Waals surface area (Å²) in [6, 6.07) is 0. The number of likely N-dealkylation sites (N-methyl/N-ethyl adjacent to an activating group) is 1. The summed E-state index contributed by atoms with van der Waals surface area (Å²) in [6.45, 7) is 12.9. The van der Waals surface area contributed by atoms with E-state index in [9.17, 15) is 28.8 Å². The maximum Gasteiger partial charge on any atom is 0.221 e. The molecule has 3 N–H and O–H groups in total. The molecule has 0 aliphatic carbocycles. The van der Waals surface area contributed by atoms with Crippen molar-refractivity contribution in [2.24, 2.45) is 0 Å². The van der Waals surface area contributed by atoms with Crippen LogP contribution in [0.1, 0.15) is 66.2 Å². The third-order valence-corrected chi connectivity index (χ3v) is 6.61. The van der Waals surface area contributed by atoms with Crippen molar-refractivity contribution in [3.8, 4) is 0 Å². The molecule has 41 heavy (non-hydrogen) atoms. The van der Waals surface area contributed by atoms with Crippen LogP contribution in [-0.4, -0.2) is 135 Å². The van der Waals surface area contributed by atoms with Crippen LogP contribution in [-0.2, 0) is 28.8 Å². The Hall–Kier alpha value is -2.54. The van der Waals surface area contributed by atoms with E-state index in [2.05, 4.69) is 20.9 Å². The van der Waals surface area contributed by atoms with Crippen molar-refractivity contribution in [1.82, 2.24) is 30.7 Å². The Labute approximate surface area is 246 Å². The first-order valence-corrected chi connectivity index (χ1v) is 14.8. The molecule has 0 bridgehead atoms. The second-order valence-electron chi connectivity index (χ2n) is 10.6. The van der Waals surface area contributed by atoms with Crippen LogP contribution in [0.4, 0.5) is 0 Å². The molecular formula is C29H54N6O6. The summed E-state index contributed by atoms with van der Waals surface area (Å²) in [5, 5.41) is 8.93. The van der Waals surface area contributed by atoms with E-state index in [0.29, 0.717) is 111 Å². The first-order valence-electron chi connectivity index (χ1n) is 14.8. The molecule has 0 fully saturated rings. The van der Waals surface area contributed by atoms with Crippen LogP contribution < -0.4 is 16.0 Å². The molecule has 12 nitrogen and oxygen atoms in total. The molecule has 0 radical (unpaired) electrons. The van der Waals surface area contributed by atoms with Crippen molar-refractivity contribution >= 4 is 34.9 Å². The Kier molecular flexibility index (Phi) is 22.6. The van der Waals surface area contributed by atoms with E-state index in [-0.39, 0.29) is 34.9 Å². The number of hydrogen-bond donors (Lipinski definition) is 3. The summed E-state index contributed by atoms with van der Waals surface area (Å²) < 4.78 is 0. The van der Waals surface area contributed by atoms with Gasteiger partial charge >= 0.3 is 0 Å². The van der Waals surface area contributed by atoms with Crippen LogP contribution in [0.15, 0.2) is 0 Å². The van der Waals surface area contributed by atoms with Crippen LogP contribution in [0.2, 0.25) is 0 Å². The van der Waals surface area contributed by atoms with E-state index in [1.54, 1.807) is 27.7 Å². The maximum atomic E-state index is 12.5. The van der Waals surface area contributed by atoms with Gasteiger partial charge in [0.1, 0.15) is 23.1 Å². The number of Topliss-reactive ketones (excluding diaryl/α,β-unsaturated/α-hetero) is 4. The highest BCUT2D eigenvalue weighted by Gasteiger charge is 2.13. The second-order valence-corrected chi connectivity index (χ2v) is 10.6. The molecule has 0 aromatic heterocycles. The number of rotatable bonds is 27. The van der Waals surface area contributed by atoms with Crippen LogP contribution in [0.5, 0.6) is 0 Å². The molecule has 0 heterocycles. The molecule has 0 rings (SSSR count). The summed E-state index contributed by atoms with van der Waals surface area (Å²) in [6.07, 6.45) is 2.26. The molecule has 236 valence electrons. The summed E-state index contributed by atoms with van der Waals surface area (Å²) in [5.74, 6) is 0.195. The molecule has 0 aliphatic rings. The quantitative estimate of drug-likeness (QED) is 0.121. The van der Waals surface area contributed by atoms with Gasteiger partial charge in [0.2, 0.25) is 11.8 Å². The zero-order chi connectivity index (χ0) is 31.0. The molecule has 0 atom stereocenters. The fraction of sp³-hybridized carbons (Fsp3) is 0.793. The lowest BCUT2D eigenvalue weighted by molar-refractivity contribution is -0.122. The predicted molar refractivity (Wildman–Crippen MR) is 160 cm³/mol. The Morgan fingerprint density at radius 3 is 0.951 bits per heavy atom. The van der Waals surface area contributed by atoms with Crippen LogP contribution >= 0.6 is 0 Å². The minimum atomic E-state index is -0.0850. The highest BCUT2D eigenvalue weighted by atomic mass is 16.2. The fourth-order valence-electron chi connectivity index (χ4n) is 3.94. The molecule has 2 amide bonds. The molecule has 0 aliphatic heterocycles. The minimum Gasteiger partial charge on any atom is -0.355 e. The Morgan fingerprint density at radius 1 is 0.415 bits per heavy atom. The van der Waals surface area contributed by atoms with Crippen molar-refractivity contribution in [2.75, 3.05) is 85.6 Å². The monoisotopic (exact) mass is 582 g/mol. The summed E-state index contributed by atoms with van der Waals surface area (Å²) in [4.78, 5) is 76.4. The van der Waals surface area contributed by atoms with Gasteiger partial charge in [0.25, 0.3) is 0 Å². The number of carbonyl (C=O) groups excluding carboxylic acids is 6. The van der Waals surface area contributed by atoms with Gasteiger partial charge in [-0.1, -0.05) is 0 Å². The minimum absolute atomic E-state index is 0.0850. The normalized spacial score (nSPS) is 11.2. The van der Waals surface area contributed by atoms with E-state index in [4.69, 9.17) is 0 Å². The van der Waals surface area contributed by atoms with E-state index >= 15 is 0 Å². The smallest absolute Gasteiger partial charge is 0.221 e. The van der Waals surface area contributed by atoms with Crippen molar-refractivity contribution in [2.45, 2.75) is 66.2 Å². The van der Waals surface area contributed by atoms with E-state index in [1.807, 2.05) is 16.8 Å². The number of ketones is 4. The lowest BCUT2D eigenvalue weighted by Gasteiger charge is -2.23. The predicted octanol–water partition coefficient (Wildman–Crippen LogP) is 0.0408. The molecule has 0 aromatic rings. The summed E-state index contributed by atoms with van der Waals surface area (Å²) in [5.41, 5.74) is 0. The Balaban J connectivity index is 4.53. The highest BCUT2D eigenvalue weighted by molar-refractivity contribution is 5.77. The van der Waals surface area contributed by atoms with Crippen molar-refractivity contribution in [3.05, 3.63) is 0 Å². The van der Waals surface area contributed by atoms with Gasteiger partial charge in [-0.05, 0) is 34.7 Å². The number of amides is 2. The molecule has 0 saturated heterocycles. The number of nitrogens with zero attached hydrogens (tertiary/aromatic N) is 3. The summed E-state index contributed by atoms with van der Waals surface area (Å²) >= 11 is 0. The van der Waals surface area contributed by atoms with Gasteiger partial charge in [-0.25, -0.2) is 0 Å². The fourth-order valence-corrected chi connectivity index (χ4v) is 3.94. The average Bonchev–Trinajstić information content (AvgIpc) is 2.90. The van der Waals surface area contributed by atoms with Crippen LogP contribution in [0.3, 0.4) is 0 Å². The zero-order valence-electron chi connectivity index (χ0n) is 26.0. The van der Waals surface area contributed by atoms with Gasteiger partial charge in [0.15, 0.2) is 0 Å². The molecular weight excluding hydrogens is 528 g/mol. The number of nitrogens with one attached hydrogen (secondary N) is 3. The first-order chi connectivity index (χ1) is 19.4. The van der Waals surface area contributed by atoms with Gasteiger partial charge in [-0.2, -0.15) is 0 Å². The molecule has 0 spiro atoms. The average molecular weight is 583 g/mol. The first kappa shape index (κ1) is 38.5. The van der Waals surface area contributed by atoms with Crippen molar-refractivity contribution in [1.29, 1.82) is 0 Å². The van der Waals surface area contributed by atoms with Gasteiger partial charge < -0.3 is 30.7 Å². The Morgan fingerprint density at radius 2 is 0.683 bits per heavy atom. The van der Waals surface area contributed by atoms with Crippen LogP contribution in [0, 0.1) is 0 Å². The zero-order valence-corrected chi connectivity index (χ0v) is 26.0. The lowest BCUT2D eigenvalue weighted by Crippen LogP contribution is -2.40. The van der Waals surface area contributed by atoms with E-state index in [1.165, 1.54) is 0 Å². The largest absolute Gasteiger partial charge is 0.355 e. The third-order valence-electron chi connectivity index (χ3n) is 6.61. The van der Waals surface area contributed by atoms with Gasteiger partial charge in [-0.15, -0.1) is 0 Å². The van der Waals surface area contributed by atoms with E-state index < -0.39 is 0 Å². The maximum absolute atomic E-state index is 12.5. The molecule has 12 heteroatoms. The summed E-state index contributed by atoms with van der Waals surface area (Å²) in [7, 11) is 1.85. The number of hydrogen-bond acceptors (Lipinski definition) is 10. The number of carbonyl (C=O) groups is 6. The van der Waals surface area contributed by atoms with Crippen molar-refractivity contribution < 1.29 is 28.8 Å². The molecule has 0 saturated carbocycles. The van der Waals surface area contributed by atoms with Crippen LogP contribution in [0.25, 0.3) is 0 Å². The second kappa shape index (κ2) is 24.1. The van der Waals surface area contributed by atoms with Gasteiger partial charge in [-0.3, -0.25) is 28.8 Å². The lowest BCUT2D eigenvalue weighted by atomic mass is 10.2. The SMILES string of the molecule is CNCCN(CCC(=O)NCCN(CCC(C)=O)CCC(C)=O)CCC(=O)NCCN(CCC(C)=O)CCC(C)=O. The van der Waals surface area contributed by atoms with Gasteiger partial charge in [0.05, 0.1) is 0 Å². The van der Waals surface area contributed by atoms with E-state index in [0.717, 1.165) is 6.54 Å². The van der Waals surface area contributed by atoms with Gasteiger partial charge in [0, 0.05) is 117 Å². The topological polar surface area (TPSA) is 148 Å². The Bertz CT molecular complexity index is 724.